The average Bonchev–Trinajstić information content (AvgIpc) is 3.13. The zero-order valence-corrected chi connectivity index (χ0v) is 19.6. The number of piperazine rings is 1. The maximum atomic E-state index is 6.13. The Bertz CT molecular complexity index is 855. The number of aryl methyl sites for hydroxylation is 2. The molecule has 1 aliphatic carbocycles. The Labute approximate surface area is 191 Å². The summed E-state index contributed by atoms with van der Waals surface area (Å²) in [6.45, 7) is 7.26. The predicted octanol–water partition coefficient (Wildman–Crippen LogP) is 4.04. The molecule has 31 heavy (non-hydrogen) atoms. The number of nitrogens with zero attached hydrogens (tertiary/aromatic N) is 4. The van der Waals surface area contributed by atoms with Crippen LogP contribution in [0.2, 0.25) is 5.02 Å². The summed E-state index contributed by atoms with van der Waals surface area (Å²) in [7, 11) is 2.05. The second kappa shape index (κ2) is 9.22. The van der Waals surface area contributed by atoms with E-state index in [9.17, 15) is 0 Å². The number of aromatic nitrogens is 2. The first-order chi connectivity index (χ1) is 15.1. The highest BCUT2D eigenvalue weighted by Gasteiger charge is 2.39. The molecule has 3 fully saturated rings. The van der Waals surface area contributed by atoms with Gasteiger partial charge in [0.15, 0.2) is 0 Å². The smallest absolute Gasteiger partial charge is 0.0658 e. The zero-order valence-electron chi connectivity index (χ0n) is 18.8. The summed E-state index contributed by atoms with van der Waals surface area (Å²) < 4.78 is 7.86. The van der Waals surface area contributed by atoms with E-state index >= 15 is 0 Å². The zero-order chi connectivity index (χ0) is 21.4. The van der Waals surface area contributed by atoms with Crippen LogP contribution in [-0.2, 0) is 18.2 Å². The molecule has 0 radical (unpaired) electrons. The van der Waals surface area contributed by atoms with E-state index in [4.69, 9.17) is 21.4 Å². The lowest BCUT2D eigenvalue weighted by Crippen LogP contribution is -2.64. The lowest BCUT2D eigenvalue weighted by molar-refractivity contribution is -0.0783. The topological polar surface area (TPSA) is 33.5 Å². The van der Waals surface area contributed by atoms with E-state index < -0.39 is 0 Å². The van der Waals surface area contributed by atoms with Crippen LogP contribution in [0.4, 0.5) is 0 Å². The van der Waals surface area contributed by atoms with Gasteiger partial charge in [0.1, 0.15) is 0 Å². The van der Waals surface area contributed by atoms with Gasteiger partial charge in [0.05, 0.1) is 18.9 Å². The monoisotopic (exact) mass is 442 g/mol. The highest BCUT2D eigenvalue weighted by Crippen LogP contribution is 2.36. The fourth-order valence-corrected chi connectivity index (χ4v) is 6.00. The summed E-state index contributed by atoms with van der Waals surface area (Å²) in [6, 6.07) is 12.5. The standard InChI is InChI=1S/C25H35ClN4O/c1-18-13-25(27-28(18)2)20-5-9-22(10-6-20)30-16-24-17-31-12-11-29(24)15-23(30)14-19-3-7-21(26)8-4-19/h3-4,7-8,13,20,22-24H,5-6,9-12,14-17H2,1-2H3. The van der Waals surface area contributed by atoms with Crippen LogP contribution in [0.15, 0.2) is 30.3 Å². The van der Waals surface area contributed by atoms with Crippen molar-refractivity contribution in [2.75, 3.05) is 32.8 Å². The van der Waals surface area contributed by atoms with Gasteiger partial charge in [-0.1, -0.05) is 23.7 Å². The Morgan fingerprint density at radius 2 is 1.84 bits per heavy atom. The Balaban J connectivity index is 1.29. The van der Waals surface area contributed by atoms with Crippen LogP contribution in [-0.4, -0.2) is 70.6 Å². The number of hydrogen-bond acceptors (Lipinski definition) is 4. The molecule has 3 aliphatic rings. The largest absolute Gasteiger partial charge is 0.378 e. The van der Waals surface area contributed by atoms with Gasteiger partial charge in [-0.05, 0) is 62.8 Å². The number of ether oxygens (including phenoxy) is 1. The molecule has 3 heterocycles. The van der Waals surface area contributed by atoms with Gasteiger partial charge in [-0.25, -0.2) is 0 Å². The lowest BCUT2D eigenvalue weighted by atomic mass is 9.82. The molecule has 2 aromatic rings. The van der Waals surface area contributed by atoms with E-state index in [1.807, 2.05) is 16.8 Å². The molecular weight excluding hydrogens is 408 g/mol. The van der Waals surface area contributed by atoms with Crippen molar-refractivity contribution in [1.82, 2.24) is 19.6 Å². The fourth-order valence-electron chi connectivity index (χ4n) is 5.88. The van der Waals surface area contributed by atoms with Gasteiger partial charge in [-0.2, -0.15) is 5.10 Å². The van der Waals surface area contributed by atoms with Crippen molar-refractivity contribution in [3.8, 4) is 0 Å². The number of hydrogen-bond donors (Lipinski definition) is 0. The molecule has 1 aromatic carbocycles. The van der Waals surface area contributed by atoms with E-state index in [0.29, 0.717) is 24.0 Å². The van der Waals surface area contributed by atoms with Gasteiger partial charge in [0.2, 0.25) is 0 Å². The summed E-state index contributed by atoms with van der Waals surface area (Å²) in [4.78, 5) is 5.51. The second-order valence-corrected chi connectivity index (χ2v) is 10.2. The molecule has 2 unspecified atom stereocenters. The van der Waals surface area contributed by atoms with Gasteiger partial charge in [0.25, 0.3) is 0 Å². The summed E-state index contributed by atoms with van der Waals surface area (Å²) >= 11 is 6.13. The van der Waals surface area contributed by atoms with Crippen molar-refractivity contribution in [2.45, 2.75) is 63.1 Å². The van der Waals surface area contributed by atoms with Crippen molar-refractivity contribution in [1.29, 1.82) is 0 Å². The molecule has 2 saturated heterocycles. The molecule has 2 atom stereocenters. The summed E-state index contributed by atoms with van der Waals surface area (Å²) in [6.07, 6.45) is 6.13. The van der Waals surface area contributed by atoms with Crippen LogP contribution in [0.1, 0.15) is 48.6 Å². The van der Waals surface area contributed by atoms with Crippen LogP contribution >= 0.6 is 11.6 Å². The molecule has 1 aromatic heterocycles. The molecule has 5 nitrogen and oxygen atoms in total. The minimum atomic E-state index is 0.548. The van der Waals surface area contributed by atoms with Crippen molar-refractivity contribution < 1.29 is 4.74 Å². The predicted molar refractivity (Wildman–Crippen MR) is 125 cm³/mol. The van der Waals surface area contributed by atoms with Crippen LogP contribution in [0, 0.1) is 6.92 Å². The molecule has 0 amide bonds. The Morgan fingerprint density at radius 1 is 1.06 bits per heavy atom. The third-order valence-corrected chi connectivity index (χ3v) is 8.04. The highest BCUT2D eigenvalue weighted by molar-refractivity contribution is 6.30. The quantitative estimate of drug-likeness (QED) is 0.715. The number of halogens is 1. The fraction of sp³-hybridized carbons (Fsp3) is 0.640. The first-order valence-electron chi connectivity index (χ1n) is 11.9. The van der Waals surface area contributed by atoms with Crippen molar-refractivity contribution in [3.05, 3.63) is 52.3 Å². The van der Waals surface area contributed by atoms with Crippen molar-refractivity contribution >= 4 is 11.6 Å². The summed E-state index contributed by atoms with van der Waals surface area (Å²) in [5.41, 5.74) is 3.94. The molecule has 0 spiro atoms. The van der Waals surface area contributed by atoms with Crippen LogP contribution in [0.25, 0.3) is 0 Å². The van der Waals surface area contributed by atoms with Gasteiger partial charge >= 0.3 is 0 Å². The highest BCUT2D eigenvalue weighted by atomic mass is 35.5. The number of fused-ring (bicyclic) bond motifs is 1. The minimum Gasteiger partial charge on any atom is -0.378 e. The molecule has 2 aliphatic heterocycles. The Morgan fingerprint density at radius 3 is 2.55 bits per heavy atom. The molecule has 168 valence electrons. The first kappa shape index (κ1) is 21.4. The Hall–Kier alpha value is -1.40. The van der Waals surface area contributed by atoms with Gasteiger partial charge in [-0.3, -0.25) is 14.5 Å². The van der Waals surface area contributed by atoms with E-state index in [-0.39, 0.29) is 0 Å². The summed E-state index contributed by atoms with van der Waals surface area (Å²) in [5, 5.41) is 5.59. The van der Waals surface area contributed by atoms with Crippen molar-refractivity contribution in [3.63, 3.8) is 0 Å². The average molecular weight is 443 g/mol. The number of morpholine rings is 1. The molecule has 5 rings (SSSR count). The molecular formula is C25H35ClN4O. The number of rotatable bonds is 4. The SMILES string of the molecule is Cc1cc(C2CCC(N3CC4COCCN4CC3Cc3ccc(Cl)cc3)CC2)nn1C. The first-order valence-corrected chi connectivity index (χ1v) is 12.3. The van der Waals surface area contributed by atoms with E-state index in [0.717, 1.165) is 44.3 Å². The third-order valence-electron chi connectivity index (χ3n) is 7.79. The molecule has 1 saturated carbocycles. The maximum Gasteiger partial charge on any atom is 0.0658 e. The van der Waals surface area contributed by atoms with E-state index in [1.165, 1.54) is 42.6 Å². The third kappa shape index (κ3) is 4.70. The van der Waals surface area contributed by atoms with E-state index in [1.54, 1.807) is 0 Å². The van der Waals surface area contributed by atoms with Crippen LogP contribution in [0.3, 0.4) is 0 Å². The Kier molecular flexibility index (Phi) is 6.38. The lowest BCUT2D eigenvalue weighted by Gasteiger charge is -2.52. The normalized spacial score (nSPS) is 30.3. The minimum absolute atomic E-state index is 0.548. The van der Waals surface area contributed by atoms with Gasteiger partial charge in [-0.15, -0.1) is 0 Å². The summed E-state index contributed by atoms with van der Waals surface area (Å²) in [5.74, 6) is 0.616. The molecule has 0 bridgehead atoms. The van der Waals surface area contributed by atoms with Crippen LogP contribution in [0.5, 0.6) is 0 Å². The number of benzene rings is 1. The van der Waals surface area contributed by atoms with Crippen molar-refractivity contribution in [2.24, 2.45) is 7.05 Å². The maximum absolute atomic E-state index is 6.13. The molecule has 6 heteroatoms. The van der Waals surface area contributed by atoms with Gasteiger partial charge < -0.3 is 4.74 Å². The second-order valence-electron chi connectivity index (χ2n) is 9.74. The van der Waals surface area contributed by atoms with E-state index in [2.05, 4.69) is 42.0 Å². The van der Waals surface area contributed by atoms with Crippen LogP contribution < -0.4 is 0 Å². The molecule has 0 N–H and O–H groups in total. The van der Waals surface area contributed by atoms with Gasteiger partial charge in [0, 0.05) is 61.4 Å².